The van der Waals surface area contributed by atoms with E-state index in [0.717, 1.165) is 10.7 Å². The van der Waals surface area contributed by atoms with Crippen molar-refractivity contribution in [1.82, 2.24) is 14.8 Å². The standard InChI is InChI=1S/C17H11ClF5N3/c1-26-16(9-5-2-3-8-12(9)17(21,22)23)24-15(25-26)11-7-4-6-10(13(11)18)14(19)20/h2-8,14H,1H3. The fourth-order valence-electron chi connectivity index (χ4n) is 2.55. The van der Waals surface area contributed by atoms with Crippen LogP contribution in [0, 0.1) is 0 Å². The third-order valence-electron chi connectivity index (χ3n) is 3.74. The van der Waals surface area contributed by atoms with Crippen molar-refractivity contribution >= 4 is 11.6 Å². The molecule has 0 radical (unpaired) electrons. The van der Waals surface area contributed by atoms with Gasteiger partial charge in [-0.3, -0.25) is 0 Å². The molecule has 0 unspecified atom stereocenters. The maximum absolute atomic E-state index is 13.2. The molecule has 0 saturated carbocycles. The molecule has 0 bridgehead atoms. The summed E-state index contributed by atoms with van der Waals surface area (Å²) >= 11 is 6.00. The van der Waals surface area contributed by atoms with Crippen molar-refractivity contribution in [3.63, 3.8) is 0 Å². The molecule has 0 saturated heterocycles. The summed E-state index contributed by atoms with van der Waals surface area (Å²) in [7, 11) is 1.42. The van der Waals surface area contributed by atoms with Crippen LogP contribution in [0.3, 0.4) is 0 Å². The van der Waals surface area contributed by atoms with E-state index < -0.39 is 23.7 Å². The van der Waals surface area contributed by atoms with Crippen molar-refractivity contribution in [2.75, 3.05) is 0 Å². The summed E-state index contributed by atoms with van der Waals surface area (Å²) in [6, 6.07) is 8.89. The zero-order chi connectivity index (χ0) is 19.1. The molecule has 0 fully saturated rings. The molecule has 0 aliphatic rings. The largest absolute Gasteiger partial charge is 0.417 e. The van der Waals surface area contributed by atoms with Crippen molar-refractivity contribution in [1.29, 1.82) is 0 Å². The highest BCUT2D eigenvalue weighted by Crippen LogP contribution is 2.38. The van der Waals surface area contributed by atoms with E-state index in [0.29, 0.717) is 0 Å². The highest BCUT2D eigenvalue weighted by molar-refractivity contribution is 6.34. The van der Waals surface area contributed by atoms with E-state index in [1.807, 2.05) is 0 Å². The van der Waals surface area contributed by atoms with Crippen LogP contribution in [-0.2, 0) is 13.2 Å². The fourth-order valence-corrected chi connectivity index (χ4v) is 2.84. The molecule has 9 heteroatoms. The monoisotopic (exact) mass is 387 g/mol. The summed E-state index contributed by atoms with van der Waals surface area (Å²) in [5.74, 6) is -0.0848. The zero-order valence-electron chi connectivity index (χ0n) is 13.2. The molecule has 0 aliphatic heterocycles. The number of hydrogen-bond acceptors (Lipinski definition) is 2. The van der Waals surface area contributed by atoms with E-state index in [4.69, 9.17) is 11.6 Å². The van der Waals surface area contributed by atoms with E-state index in [2.05, 4.69) is 10.1 Å². The van der Waals surface area contributed by atoms with Crippen LogP contribution < -0.4 is 0 Å². The van der Waals surface area contributed by atoms with Crippen LogP contribution in [0.25, 0.3) is 22.8 Å². The predicted octanol–water partition coefficient (Wildman–Crippen LogP) is 5.76. The Balaban J connectivity index is 2.15. The quantitative estimate of drug-likeness (QED) is 0.535. The highest BCUT2D eigenvalue weighted by atomic mass is 35.5. The molecule has 1 aromatic heterocycles. The minimum atomic E-state index is -4.57. The minimum Gasteiger partial charge on any atom is -0.248 e. The van der Waals surface area contributed by atoms with Crippen LogP contribution >= 0.6 is 11.6 Å². The predicted molar refractivity (Wildman–Crippen MR) is 86.8 cm³/mol. The molecule has 136 valence electrons. The van der Waals surface area contributed by atoms with Crippen molar-refractivity contribution < 1.29 is 22.0 Å². The van der Waals surface area contributed by atoms with Gasteiger partial charge in [0.2, 0.25) is 0 Å². The molecule has 3 rings (SSSR count). The lowest BCUT2D eigenvalue weighted by Gasteiger charge is -2.11. The molecule has 0 N–H and O–H groups in total. The molecule has 0 aliphatic carbocycles. The van der Waals surface area contributed by atoms with Gasteiger partial charge in [0.25, 0.3) is 6.43 Å². The Hall–Kier alpha value is -2.48. The van der Waals surface area contributed by atoms with Crippen molar-refractivity contribution in [3.05, 3.63) is 58.6 Å². The SMILES string of the molecule is Cn1nc(-c2cccc(C(F)F)c2Cl)nc1-c1ccccc1C(F)(F)F. The molecule has 1 heterocycles. The van der Waals surface area contributed by atoms with Gasteiger partial charge in [-0.25, -0.2) is 18.4 Å². The van der Waals surface area contributed by atoms with Gasteiger partial charge < -0.3 is 0 Å². The Morgan fingerprint density at radius 1 is 1.00 bits per heavy atom. The average molecular weight is 388 g/mol. The maximum Gasteiger partial charge on any atom is 0.417 e. The highest BCUT2D eigenvalue weighted by Gasteiger charge is 2.34. The van der Waals surface area contributed by atoms with Gasteiger partial charge in [0.1, 0.15) is 0 Å². The van der Waals surface area contributed by atoms with E-state index >= 15 is 0 Å². The smallest absolute Gasteiger partial charge is 0.248 e. The third-order valence-corrected chi connectivity index (χ3v) is 4.16. The second-order valence-corrected chi connectivity index (χ2v) is 5.81. The first kappa shape index (κ1) is 18.3. The van der Waals surface area contributed by atoms with Crippen LogP contribution in [0.15, 0.2) is 42.5 Å². The first-order chi connectivity index (χ1) is 12.2. The van der Waals surface area contributed by atoms with Crippen LogP contribution in [0.2, 0.25) is 5.02 Å². The first-order valence-electron chi connectivity index (χ1n) is 7.34. The van der Waals surface area contributed by atoms with Crippen molar-refractivity contribution in [3.8, 4) is 22.8 Å². The Morgan fingerprint density at radius 3 is 2.31 bits per heavy atom. The number of hydrogen-bond donors (Lipinski definition) is 0. The second-order valence-electron chi connectivity index (χ2n) is 5.44. The van der Waals surface area contributed by atoms with Gasteiger partial charge in [0.15, 0.2) is 11.6 Å². The van der Waals surface area contributed by atoms with Gasteiger partial charge >= 0.3 is 6.18 Å². The Bertz CT molecular complexity index is 950. The first-order valence-corrected chi connectivity index (χ1v) is 7.72. The molecule has 0 spiro atoms. The number of alkyl halides is 5. The number of aryl methyl sites for hydroxylation is 1. The molecular formula is C17H11ClF5N3. The van der Waals surface area contributed by atoms with Crippen LogP contribution in [0.1, 0.15) is 17.6 Å². The number of rotatable bonds is 3. The Morgan fingerprint density at radius 2 is 1.65 bits per heavy atom. The van der Waals surface area contributed by atoms with Crippen molar-refractivity contribution in [2.24, 2.45) is 7.05 Å². The molecular weight excluding hydrogens is 377 g/mol. The molecule has 3 nitrogen and oxygen atoms in total. The van der Waals surface area contributed by atoms with E-state index in [-0.39, 0.29) is 27.8 Å². The van der Waals surface area contributed by atoms with Gasteiger partial charge in [-0.1, -0.05) is 41.9 Å². The summed E-state index contributed by atoms with van der Waals surface area (Å²) in [4.78, 5) is 4.11. The van der Waals surface area contributed by atoms with E-state index in [1.54, 1.807) is 0 Å². The van der Waals surface area contributed by atoms with Crippen LogP contribution in [-0.4, -0.2) is 14.8 Å². The normalized spacial score (nSPS) is 12.0. The summed E-state index contributed by atoms with van der Waals surface area (Å²) in [5.41, 5.74) is -1.30. The second kappa shape index (κ2) is 6.68. The van der Waals surface area contributed by atoms with Crippen molar-refractivity contribution in [2.45, 2.75) is 12.6 Å². The summed E-state index contributed by atoms with van der Waals surface area (Å²) in [6.07, 6.45) is -7.37. The van der Waals surface area contributed by atoms with E-state index in [9.17, 15) is 22.0 Å². The van der Waals surface area contributed by atoms with Gasteiger partial charge in [-0.15, -0.1) is 0 Å². The minimum absolute atomic E-state index is 0.0352. The fraction of sp³-hybridized carbons (Fsp3) is 0.176. The lowest BCUT2D eigenvalue weighted by Crippen LogP contribution is -2.08. The van der Waals surface area contributed by atoms with Gasteiger partial charge in [-0.05, 0) is 12.1 Å². The zero-order valence-corrected chi connectivity index (χ0v) is 14.0. The topological polar surface area (TPSA) is 30.7 Å². The summed E-state index contributed by atoms with van der Waals surface area (Å²) in [5, 5.41) is 3.82. The molecule has 3 aromatic rings. The number of halogens is 6. The van der Waals surface area contributed by atoms with E-state index in [1.165, 1.54) is 43.4 Å². The summed E-state index contributed by atoms with van der Waals surface area (Å²) < 4.78 is 66.9. The van der Waals surface area contributed by atoms with Gasteiger partial charge in [0, 0.05) is 23.7 Å². The lowest BCUT2D eigenvalue weighted by molar-refractivity contribution is -0.137. The maximum atomic E-state index is 13.2. The Labute approximate surface area is 150 Å². The number of aromatic nitrogens is 3. The third kappa shape index (κ3) is 3.29. The van der Waals surface area contributed by atoms with Gasteiger partial charge in [-0.2, -0.15) is 18.3 Å². The average Bonchev–Trinajstić information content (AvgIpc) is 2.95. The Kier molecular flexibility index (Phi) is 4.70. The summed E-state index contributed by atoms with van der Waals surface area (Å²) in [6.45, 7) is 0. The van der Waals surface area contributed by atoms with Crippen LogP contribution in [0.4, 0.5) is 22.0 Å². The van der Waals surface area contributed by atoms with Gasteiger partial charge in [0.05, 0.1) is 10.6 Å². The number of nitrogens with zero attached hydrogens (tertiary/aromatic N) is 3. The van der Waals surface area contributed by atoms with Crippen LogP contribution in [0.5, 0.6) is 0 Å². The molecule has 26 heavy (non-hydrogen) atoms. The molecule has 2 aromatic carbocycles. The number of benzene rings is 2. The molecule has 0 atom stereocenters. The lowest BCUT2D eigenvalue weighted by atomic mass is 10.1. The molecule has 0 amide bonds.